The van der Waals surface area contributed by atoms with E-state index < -0.39 is 19.8 Å². The molecule has 0 N–H and O–H groups in total. The molecule has 0 rings (SSSR count). The van der Waals surface area contributed by atoms with Gasteiger partial charge in [-0.05, 0) is 0 Å². The predicted octanol–water partition coefficient (Wildman–Crippen LogP) is 0.645. The molecule has 0 unspecified atom stereocenters. The van der Waals surface area contributed by atoms with Crippen molar-refractivity contribution in [3.05, 3.63) is 0 Å². The second-order valence-electron chi connectivity index (χ2n) is 1.32. The van der Waals surface area contributed by atoms with Crippen LogP contribution < -0.4 is 0 Å². The van der Waals surface area contributed by atoms with Crippen LogP contribution in [0.5, 0.6) is 0 Å². The molecular formula is C4H8Sn. The first kappa shape index (κ1) is 5.36. The SMILES string of the molecule is C#[C][SnH]([CH3])[CH3]. The molecule has 0 saturated heterocycles. The summed E-state index contributed by atoms with van der Waals surface area (Å²) >= 11 is -1.15. The van der Waals surface area contributed by atoms with E-state index in [0.29, 0.717) is 0 Å². The van der Waals surface area contributed by atoms with Crippen LogP contribution in [0.3, 0.4) is 0 Å². The average molecular weight is 175 g/mol. The van der Waals surface area contributed by atoms with Crippen LogP contribution in [0.2, 0.25) is 9.88 Å². The van der Waals surface area contributed by atoms with Gasteiger partial charge in [0.2, 0.25) is 0 Å². The van der Waals surface area contributed by atoms with Gasteiger partial charge < -0.3 is 0 Å². The van der Waals surface area contributed by atoms with Gasteiger partial charge in [-0.3, -0.25) is 0 Å². The van der Waals surface area contributed by atoms with E-state index >= 15 is 0 Å². The standard InChI is InChI=1S/C2H.2CH3.Sn.H/c1-2;;;;/h1H;2*1H3;;. The summed E-state index contributed by atoms with van der Waals surface area (Å²) in [4.78, 5) is 4.39. The van der Waals surface area contributed by atoms with Crippen molar-refractivity contribution >= 4 is 19.8 Å². The topological polar surface area (TPSA) is 0 Å². The van der Waals surface area contributed by atoms with Gasteiger partial charge in [-0.15, -0.1) is 0 Å². The number of hydrogen-bond donors (Lipinski definition) is 0. The minimum absolute atomic E-state index is 1.15. The molecule has 0 aliphatic carbocycles. The monoisotopic (exact) mass is 176 g/mol. The van der Waals surface area contributed by atoms with Crippen molar-refractivity contribution in [2.45, 2.75) is 9.88 Å². The van der Waals surface area contributed by atoms with E-state index in [1.807, 2.05) is 0 Å². The van der Waals surface area contributed by atoms with Gasteiger partial charge in [-0.2, -0.15) is 0 Å². The predicted molar refractivity (Wildman–Crippen MR) is 27.7 cm³/mol. The van der Waals surface area contributed by atoms with Gasteiger partial charge in [0.1, 0.15) is 0 Å². The quantitative estimate of drug-likeness (QED) is 0.374. The van der Waals surface area contributed by atoms with Gasteiger partial charge in [0.05, 0.1) is 0 Å². The van der Waals surface area contributed by atoms with E-state index in [4.69, 9.17) is 6.42 Å². The second-order valence-corrected chi connectivity index (χ2v) is 8.86. The van der Waals surface area contributed by atoms with Crippen LogP contribution in [0.15, 0.2) is 0 Å². The minimum atomic E-state index is -1.15. The molecule has 0 spiro atoms. The summed E-state index contributed by atoms with van der Waals surface area (Å²) < 4.78 is 2.74. The van der Waals surface area contributed by atoms with E-state index in [-0.39, 0.29) is 0 Å². The van der Waals surface area contributed by atoms with E-state index in [1.54, 1.807) is 0 Å². The second kappa shape index (κ2) is 2.59. The third-order valence-corrected chi connectivity index (χ3v) is 2.24. The summed E-state index contributed by atoms with van der Waals surface area (Å²) in [6.07, 6.45) is 5.01. The molecular weight excluding hydrogens is 167 g/mol. The third kappa shape index (κ3) is 4.36. The van der Waals surface area contributed by atoms with Gasteiger partial charge in [0, 0.05) is 0 Å². The Hall–Kier alpha value is 0.359. The Morgan fingerprint density at radius 2 is 1.80 bits per heavy atom. The average Bonchev–Trinajstić information content (AvgIpc) is 1.38. The molecule has 0 aliphatic heterocycles. The Balaban J connectivity index is 2.94. The van der Waals surface area contributed by atoms with Crippen molar-refractivity contribution in [3.63, 3.8) is 0 Å². The van der Waals surface area contributed by atoms with Crippen LogP contribution in [0.25, 0.3) is 0 Å². The van der Waals surface area contributed by atoms with Gasteiger partial charge in [0.25, 0.3) is 0 Å². The fraction of sp³-hybridized carbons (Fsp3) is 0.500. The van der Waals surface area contributed by atoms with Crippen molar-refractivity contribution < 1.29 is 0 Å². The zero-order valence-electron chi connectivity index (χ0n) is 3.65. The number of rotatable bonds is 0. The van der Waals surface area contributed by atoms with Crippen molar-refractivity contribution in [1.29, 1.82) is 0 Å². The van der Waals surface area contributed by atoms with Crippen LogP contribution in [0.4, 0.5) is 0 Å². The third-order valence-electron chi connectivity index (χ3n) is 0.333. The zero-order chi connectivity index (χ0) is 4.28. The molecule has 0 radical (unpaired) electrons. The summed E-state index contributed by atoms with van der Waals surface area (Å²) in [5.41, 5.74) is 0. The maximum absolute atomic E-state index is 5.01. The molecule has 0 heterocycles. The first-order valence-corrected chi connectivity index (χ1v) is 9.97. The Kier molecular flexibility index (Phi) is 2.77. The van der Waals surface area contributed by atoms with Crippen molar-refractivity contribution in [2.75, 3.05) is 0 Å². The Labute approximate surface area is 40.3 Å². The van der Waals surface area contributed by atoms with Crippen molar-refractivity contribution in [3.8, 4) is 10.4 Å². The van der Waals surface area contributed by atoms with Crippen LogP contribution >= 0.6 is 0 Å². The van der Waals surface area contributed by atoms with Crippen LogP contribution in [0, 0.1) is 10.4 Å². The molecule has 0 aliphatic rings. The Bertz CT molecular complexity index is 49.2. The molecule has 5 heavy (non-hydrogen) atoms. The molecule has 28 valence electrons. The zero-order valence-corrected chi connectivity index (χ0v) is 6.95. The molecule has 0 amide bonds. The molecule has 0 bridgehead atoms. The summed E-state index contributed by atoms with van der Waals surface area (Å²) in [5, 5.41) is 0. The Morgan fingerprint density at radius 1 is 1.60 bits per heavy atom. The normalized spacial score (nSPS) is 7.60. The summed E-state index contributed by atoms with van der Waals surface area (Å²) in [5.74, 6) is 0. The fourth-order valence-corrected chi connectivity index (χ4v) is 0. The Morgan fingerprint density at radius 3 is 1.80 bits per heavy atom. The summed E-state index contributed by atoms with van der Waals surface area (Å²) in [6, 6.07) is 0. The van der Waals surface area contributed by atoms with E-state index in [1.165, 1.54) is 0 Å². The van der Waals surface area contributed by atoms with E-state index in [0.717, 1.165) is 0 Å². The van der Waals surface area contributed by atoms with Gasteiger partial charge in [0.15, 0.2) is 0 Å². The number of terminal acetylenes is 1. The molecule has 0 aromatic rings. The van der Waals surface area contributed by atoms with Gasteiger partial charge >= 0.3 is 40.0 Å². The molecule has 0 nitrogen and oxygen atoms in total. The van der Waals surface area contributed by atoms with Gasteiger partial charge in [-0.25, -0.2) is 0 Å². The van der Waals surface area contributed by atoms with Gasteiger partial charge in [-0.1, -0.05) is 0 Å². The molecule has 0 atom stereocenters. The van der Waals surface area contributed by atoms with Crippen LogP contribution in [0.1, 0.15) is 0 Å². The number of hydrogen-bond acceptors (Lipinski definition) is 0. The fourth-order valence-electron chi connectivity index (χ4n) is 0. The molecule has 0 fully saturated rings. The molecule has 0 aromatic carbocycles. The van der Waals surface area contributed by atoms with Crippen LogP contribution in [-0.4, -0.2) is 19.8 Å². The van der Waals surface area contributed by atoms with Crippen molar-refractivity contribution in [2.24, 2.45) is 0 Å². The molecule has 0 aromatic heterocycles. The molecule has 1 heteroatoms. The maximum atomic E-state index is 5.01. The first-order chi connectivity index (χ1) is 2.27. The van der Waals surface area contributed by atoms with Crippen molar-refractivity contribution in [1.82, 2.24) is 0 Å². The van der Waals surface area contributed by atoms with E-state index in [9.17, 15) is 0 Å². The van der Waals surface area contributed by atoms with E-state index in [2.05, 4.69) is 13.8 Å². The van der Waals surface area contributed by atoms with Crippen LogP contribution in [-0.2, 0) is 0 Å². The molecule has 0 saturated carbocycles. The first-order valence-electron chi connectivity index (χ1n) is 1.73. The summed E-state index contributed by atoms with van der Waals surface area (Å²) in [6.45, 7) is 0. The summed E-state index contributed by atoms with van der Waals surface area (Å²) in [7, 11) is 0.